The van der Waals surface area contributed by atoms with Crippen molar-refractivity contribution in [3.05, 3.63) is 77.5 Å². The average Bonchev–Trinajstić information content (AvgIpc) is 2.82. The lowest BCUT2D eigenvalue weighted by molar-refractivity contribution is -0.874. The number of pyridine rings is 1. The number of aliphatic carboxylic acids is 1. The number of fused-ring (bicyclic) bond motifs is 1. The van der Waals surface area contributed by atoms with Crippen molar-refractivity contribution >= 4 is 11.8 Å². The number of hydrogen-bond acceptors (Lipinski definition) is 5. The SMILES string of the molecule is COc1ccc(CNc2cc(Oc3ccc4c(c3)CC(C(=O)O)CC4)cc[n+]2OC)cc1. The Labute approximate surface area is 187 Å². The van der Waals surface area contributed by atoms with Crippen molar-refractivity contribution in [1.29, 1.82) is 0 Å². The Morgan fingerprint density at radius 1 is 1.03 bits per heavy atom. The first-order valence-corrected chi connectivity index (χ1v) is 10.5. The summed E-state index contributed by atoms with van der Waals surface area (Å²) in [5.41, 5.74) is 3.34. The second-order valence-electron chi connectivity index (χ2n) is 7.77. The minimum absolute atomic E-state index is 0.330. The van der Waals surface area contributed by atoms with Gasteiger partial charge in [0.1, 0.15) is 37.1 Å². The number of hydrogen-bond donors (Lipinski definition) is 2. The van der Waals surface area contributed by atoms with Crippen LogP contribution in [-0.4, -0.2) is 25.3 Å². The summed E-state index contributed by atoms with van der Waals surface area (Å²) in [5.74, 6) is 1.83. The number of ether oxygens (including phenoxy) is 2. The number of aryl methyl sites for hydroxylation is 1. The van der Waals surface area contributed by atoms with Gasteiger partial charge in [0, 0.05) is 6.07 Å². The highest BCUT2D eigenvalue weighted by molar-refractivity contribution is 5.71. The Morgan fingerprint density at radius 2 is 1.78 bits per heavy atom. The molecule has 0 fully saturated rings. The van der Waals surface area contributed by atoms with Gasteiger partial charge in [-0.15, -0.1) is 0 Å². The number of methoxy groups -OCH3 is 1. The fourth-order valence-electron chi connectivity index (χ4n) is 3.90. The van der Waals surface area contributed by atoms with Crippen molar-refractivity contribution in [3.63, 3.8) is 0 Å². The standard InChI is InChI=1S/C25H26N2O5/c1-30-21-8-3-17(4-9-21)16-26-24-15-23(11-12-27(24)31-2)32-22-10-7-18-5-6-19(25(28)29)13-20(18)14-22/h3-4,7-12,14-15,19H,5-6,13,16H2,1-2H3,(H,28,29)/p+1. The van der Waals surface area contributed by atoms with Crippen molar-refractivity contribution in [2.45, 2.75) is 25.8 Å². The molecule has 32 heavy (non-hydrogen) atoms. The van der Waals surface area contributed by atoms with E-state index in [0.717, 1.165) is 29.1 Å². The van der Waals surface area contributed by atoms with Gasteiger partial charge in [-0.1, -0.05) is 18.2 Å². The van der Waals surface area contributed by atoms with Crippen molar-refractivity contribution < 1.29 is 28.9 Å². The van der Waals surface area contributed by atoms with E-state index in [0.29, 0.717) is 30.9 Å². The predicted octanol–water partition coefficient (Wildman–Crippen LogP) is 3.64. The number of anilines is 1. The first-order chi connectivity index (χ1) is 15.6. The lowest BCUT2D eigenvalue weighted by Gasteiger charge is -2.22. The number of aromatic nitrogens is 1. The van der Waals surface area contributed by atoms with Gasteiger partial charge in [0.15, 0.2) is 0 Å². The summed E-state index contributed by atoms with van der Waals surface area (Å²) in [6.07, 6.45) is 3.78. The number of carbonyl (C=O) groups is 1. The number of carboxylic acid groups (broad SMARTS) is 1. The van der Waals surface area contributed by atoms with E-state index >= 15 is 0 Å². The Hall–Kier alpha value is -3.74. The number of nitrogens with zero attached hydrogens (tertiary/aromatic N) is 1. The van der Waals surface area contributed by atoms with E-state index in [1.165, 1.54) is 5.56 Å². The topological polar surface area (TPSA) is 80.9 Å². The highest BCUT2D eigenvalue weighted by Gasteiger charge is 2.24. The molecule has 0 bridgehead atoms. The maximum absolute atomic E-state index is 11.4. The van der Waals surface area contributed by atoms with E-state index < -0.39 is 5.97 Å². The molecule has 1 aliphatic rings. The Kier molecular flexibility index (Phi) is 6.44. The largest absolute Gasteiger partial charge is 0.497 e. The van der Waals surface area contributed by atoms with Gasteiger partial charge >= 0.3 is 11.8 Å². The van der Waals surface area contributed by atoms with Gasteiger partial charge in [0.05, 0.1) is 19.1 Å². The molecule has 3 aromatic rings. The first kappa shape index (κ1) is 21.5. The lowest BCUT2D eigenvalue weighted by Crippen LogP contribution is -2.42. The molecule has 1 aromatic heterocycles. The molecule has 1 unspecified atom stereocenters. The number of nitrogens with one attached hydrogen (secondary N) is 1. The average molecular weight is 436 g/mol. The van der Waals surface area contributed by atoms with Crippen LogP contribution >= 0.6 is 0 Å². The second-order valence-corrected chi connectivity index (χ2v) is 7.77. The summed E-state index contributed by atoms with van der Waals surface area (Å²) in [6.45, 7) is 0.603. The van der Waals surface area contributed by atoms with E-state index in [1.54, 1.807) is 25.1 Å². The molecule has 0 spiro atoms. The van der Waals surface area contributed by atoms with E-state index in [4.69, 9.17) is 14.3 Å². The van der Waals surface area contributed by atoms with Crippen molar-refractivity contribution in [3.8, 4) is 17.2 Å². The summed E-state index contributed by atoms with van der Waals surface area (Å²) in [4.78, 5) is 16.8. The minimum atomic E-state index is -0.735. The van der Waals surface area contributed by atoms with Crippen LogP contribution in [0.25, 0.3) is 0 Å². The van der Waals surface area contributed by atoms with E-state index in [-0.39, 0.29) is 5.92 Å². The molecule has 1 heterocycles. The molecule has 2 N–H and O–H groups in total. The van der Waals surface area contributed by atoms with Crippen LogP contribution in [0.2, 0.25) is 0 Å². The molecule has 0 amide bonds. The maximum atomic E-state index is 11.4. The monoisotopic (exact) mass is 435 g/mol. The normalized spacial score (nSPS) is 14.9. The van der Waals surface area contributed by atoms with Crippen LogP contribution in [-0.2, 0) is 24.2 Å². The Morgan fingerprint density at radius 3 is 2.50 bits per heavy atom. The van der Waals surface area contributed by atoms with Crippen LogP contribution in [0.5, 0.6) is 17.2 Å². The van der Waals surface area contributed by atoms with Gasteiger partial charge in [0.2, 0.25) is 0 Å². The van der Waals surface area contributed by atoms with Crippen LogP contribution in [0.4, 0.5) is 5.82 Å². The molecule has 2 aromatic carbocycles. The quantitative estimate of drug-likeness (QED) is 0.526. The van der Waals surface area contributed by atoms with Gasteiger partial charge in [-0.2, -0.15) is 0 Å². The summed E-state index contributed by atoms with van der Waals surface area (Å²) in [6, 6.07) is 17.4. The molecule has 1 aliphatic carbocycles. The van der Waals surface area contributed by atoms with Crippen LogP contribution in [0, 0.1) is 5.92 Å². The zero-order valence-electron chi connectivity index (χ0n) is 18.2. The Balaban J connectivity index is 1.48. The molecule has 7 nitrogen and oxygen atoms in total. The zero-order valence-corrected chi connectivity index (χ0v) is 18.2. The zero-order chi connectivity index (χ0) is 22.5. The molecular weight excluding hydrogens is 408 g/mol. The second kappa shape index (κ2) is 9.60. The van der Waals surface area contributed by atoms with Crippen molar-refractivity contribution in [1.82, 2.24) is 0 Å². The smallest absolute Gasteiger partial charge is 0.318 e. The van der Waals surface area contributed by atoms with E-state index in [1.807, 2.05) is 54.6 Å². The number of carboxylic acids is 1. The fraction of sp³-hybridized carbons (Fsp3) is 0.280. The third-order valence-corrected chi connectivity index (χ3v) is 5.71. The summed E-state index contributed by atoms with van der Waals surface area (Å²) in [5, 5.41) is 12.7. The Bertz CT molecular complexity index is 1100. The molecular formula is C25H27N2O5+. The molecule has 166 valence electrons. The van der Waals surface area contributed by atoms with Crippen LogP contribution < -0.4 is 24.4 Å². The highest BCUT2D eigenvalue weighted by atomic mass is 16.6. The van der Waals surface area contributed by atoms with Crippen molar-refractivity contribution in [2.75, 3.05) is 19.5 Å². The van der Waals surface area contributed by atoms with Crippen LogP contribution in [0.1, 0.15) is 23.1 Å². The molecule has 0 saturated carbocycles. The summed E-state index contributed by atoms with van der Waals surface area (Å²) < 4.78 is 12.9. The number of benzene rings is 2. The molecule has 1 atom stereocenters. The van der Waals surface area contributed by atoms with Gasteiger partial charge in [-0.3, -0.25) is 10.1 Å². The molecule has 4 rings (SSSR count). The fourth-order valence-corrected chi connectivity index (χ4v) is 3.90. The minimum Gasteiger partial charge on any atom is -0.497 e. The van der Waals surface area contributed by atoms with Gasteiger partial charge in [-0.25, -0.2) is 0 Å². The number of rotatable bonds is 8. The lowest BCUT2D eigenvalue weighted by atomic mass is 9.84. The van der Waals surface area contributed by atoms with Crippen LogP contribution in [0.15, 0.2) is 60.8 Å². The summed E-state index contributed by atoms with van der Waals surface area (Å²) in [7, 11) is 3.24. The predicted molar refractivity (Wildman–Crippen MR) is 119 cm³/mol. The first-order valence-electron chi connectivity index (χ1n) is 10.5. The van der Waals surface area contributed by atoms with E-state index in [9.17, 15) is 9.90 Å². The van der Waals surface area contributed by atoms with Gasteiger partial charge in [-0.05, 0) is 64.9 Å². The third-order valence-electron chi connectivity index (χ3n) is 5.71. The van der Waals surface area contributed by atoms with E-state index in [2.05, 4.69) is 5.32 Å². The molecule has 0 radical (unpaired) electrons. The molecule has 0 aliphatic heterocycles. The van der Waals surface area contributed by atoms with Crippen LogP contribution in [0.3, 0.4) is 0 Å². The maximum Gasteiger partial charge on any atom is 0.318 e. The third kappa shape index (κ3) is 4.94. The summed E-state index contributed by atoms with van der Waals surface area (Å²) >= 11 is 0. The molecule has 0 saturated heterocycles. The van der Waals surface area contributed by atoms with Gasteiger partial charge in [0.25, 0.3) is 0 Å². The van der Waals surface area contributed by atoms with Crippen molar-refractivity contribution in [2.24, 2.45) is 5.92 Å². The molecule has 7 heteroatoms. The van der Waals surface area contributed by atoms with Gasteiger partial charge < -0.3 is 19.4 Å². The highest BCUT2D eigenvalue weighted by Crippen LogP contribution is 2.31.